The molecule has 4 nitrogen and oxygen atoms in total. The first-order valence-corrected chi connectivity index (χ1v) is 3.75. The SMILES string of the molecule is CC(O)c1ccn2ccnc2n1. The quantitative estimate of drug-likeness (QED) is 0.676. The molecular weight excluding hydrogens is 154 g/mol. The first-order valence-electron chi connectivity index (χ1n) is 3.75. The number of fused-ring (bicyclic) bond motifs is 1. The van der Waals surface area contributed by atoms with Gasteiger partial charge in [0.15, 0.2) is 0 Å². The summed E-state index contributed by atoms with van der Waals surface area (Å²) in [5.74, 6) is 0.619. The highest BCUT2D eigenvalue weighted by Crippen LogP contribution is 2.08. The van der Waals surface area contributed by atoms with E-state index >= 15 is 0 Å². The topological polar surface area (TPSA) is 50.4 Å². The summed E-state index contributed by atoms with van der Waals surface area (Å²) in [5.41, 5.74) is 0.647. The van der Waals surface area contributed by atoms with Crippen LogP contribution in [0.4, 0.5) is 0 Å². The molecule has 0 bridgehead atoms. The highest BCUT2D eigenvalue weighted by atomic mass is 16.3. The van der Waals surface area contributed by atoms with E-state index in [-0.39, 0.29) is 0 Å². The van der Waals surface area contributed by atoms with E-state index in [1.54, 1.807) is 23.6 Å². The van der Waals surface area contributed by atoms with Gasteiger partial charge in [-0.3, -0.25) is 4.40 Å². The fraction of sp³-hybridized carbons (Fsp3) is 0.250. The predicted molar refractivity (Wildman–Crippen MR) is 43.6 cm³/mol. The van der Waals surface area contributed by atoms with Crippen molar-refractivity contribution in [2.45, 2.75) is 13.0 Å². The van der Waals surface area contributed by atoms with Crippen LogP contribution in [-0.4, -0.2) is 19.5 Å². The van der Waals surface area contributed by atoms with Gasteiger partial charge in [-0.1, -0.05) is 0 Å². The van der Waals surface area contributed by atoms with Crippen molar-refractivity contribution < 1.29 is 5.11 Å². The van der Waals surface area contributed by atoms with Crippen LogP contribution < -0.4 is 0 Å². The van der Waals surface area contributed by atoms with E-state index in [0.717, 1.165) is 0 Å². The zero-order valence-electron chi connectivity index (χ0n) is 6.68. The van der Waals surface area contributed by atoms with Crippen LogP contribution in [0.15, 0.2) is 24.7 Å². The molecule has 0 aliphatic heterocycles. The van der Waals surface area contributed by atoms with Gasteiger partial charge in [0.1, 0.15) is 0 Å². The molecule has 0 aliphatic rings. The van der Waals surface area contributed by atoms with Gasteiger partial charge in [0, 0.05) is 18.6 Å². The molecule has 0 aliphatic carbocycles. The molecule has 1 N–H and O–H groups in total. The Morgan fingerprint density at radius 2 is 2.33 bits per heavy atom. The first kappa shape index (κ1) is 7.24. The van der Waals surface area contributed by atoms with Crippen LogP contribution in [0, 0.1) is 0 Å². The molecule has 0 radical (unpaired) electrons. The minimum Gasteiger partial charge on any atom is -0.387 e. The van der Waals surface area contributed by atoms with Crippen molar-refractivity contribution in [2.24, 2.45) is 0 Å². The number of aliphatic hydroxyl groups excluding tert-OH is 1. The van der Waals surface area contributed by atoms with Crippen LogP contribution in [0.3, 0.4) is 0 Å². The Hall–Kier alpha value is -1.42. The van der Waals surface area contributed by atoms with Gasteiger partial charge in [-0.05, 0) is 13.0 Å². The second-order valence-corrected chi connectivity index (χ2v) is 2.66. The van der Waals surface area contributed by atoms with E-state index in [2.05, 4.69) is 9.97 Å². The third-order valence-corrected chi connectivity index (χ3v) is 1.71. The van der Waals surface area contributed by atoms with E-state index in [1.807, 2.05) is 12.4 Å². The largest absolute Gasteiger partial charge is 0.387 e. The van der Waals surface area contributed by atoms with E-state index in [1.165, 1.54) is 0 Å². The van der Waals surface area contributed by atoms with Crippen molar-refractivity contribution in [3.63, 3.8) is 0 Å². The Morgan fingerprint density at radius 1 is 1.50 bits per heavy atom. The maximum absolute atomic E-state index is 9.22. The van der Waals surface area contributed by atoms with Crippen molar-refractivity contribution in [2.75, 3.05) is 0 Å². The molecule has 1 atom stereocenters. The molecule has 2 aromatic heterocycles. The zero-order valence-corrected chi connectivity index (χ0v) is 6.68. The van der Waals surface area contributed by atoms with Crippen LogP contribution in [0.25, 0.3) is 5.78 Å². The van der Waals surface area contributed by atoms with Gasteiger partial charge in [-0.15, -0.1) is 0 Å². The van der Waals surface area contributed by atoms with Crippen LogP contribution in [0.1, 0.15) is 18.7 Å². The summed E-state index contributed by atoms with van der Waals surface area (Å²) in [4.78, 5) is 8.14. The molecule has 0 fully saturated rings. The molecule has 2 aromatic rings. The predicted octanol–water partition coefficient (Wildman–Crippen LogP) is 0.783. The minimum absolute atomic E-state index is 0.535. The molecule has 0 saturated carbocycles. The normalized spacial score (nSPS) is 13.5. The van der Waals surface area contributed by atoms with Gasteiger partial charge in [-0.2, -0.15) is 0 Å². The molecular formula is C8H9N3O. The maximum Gasteiger partial charge on any atom is 0.233 e. The monoisotopic (exact) mass is 163 g/mol. The van der Waals surface area contributed by atoms with Crippen molar-refractivity contribution >= 4 is 5.78 Å². The van der Waals surface area contributed by atoms with Crippen LogP contribution in [0.5, 0.6) is 0 Å². The molecule has 0 aromatic carbocycles. The maximum atomic E-state index is 9.22. The summed E-state index contributed by atoms with van der Waals surface area (Å²) in [5, 5.41) is 9.22. The van der Waals surface area contributed by atoms with E-state index in [0.29, 0.717) is 11.5 Å². The molecule has 2 rings (SSSR count). The van der Waals surface area contributed by atoms with Crippen molar-refractivity contribution in [3.8, 4) is 0 Å². The molecule has 0 spiro atoms. The van der Waals surface area contributed by atoms with Gasteiger partial charge in [0.2, 0.25) is 5.78 Å². The highest BCUT2D eigenvalue weighted by molar-refractivity contribution is 5.29. The summed E-state index contributed by atoms with van der Waals surface area (Å²) in [6, 6.07) is 1.78. The minimum atomic E-state index is -0.535. The average Bonchev–Trinajstić information content (AvgIpc) is 2.49. The highest BCUT2D eigenvalue weighted by Gasteiger charge is 2.03. The fourth-order valence-corrected chi connectivity index (χ4v) is 1.05. The van der Waals surface area contributed by atoms with Crippen LogP contribution >= 0.6 is 0 Å². The lowest BCUT2D eigenvalue weighted by atomic mass is 10.3. The first-order chi connectivity index (χ1) is 5.77. The number of hydrogen-bond donors (Lipinski definition) is 1. The third kappa shape index (κ3) is 1.06. The zero-order chi connectivity index (χ0) is 8.55. The molecule has 0 saturated heterocycles. The molecule has 1 unspecified atom stereocenters. The number of aliphatic hydroxyl groups is 1. The van der Waals surface area contributed by atoms with Gasteiger partial charge in [0.25, 0.3) is 0 Å². The number of nitrogens with zero attached hydrogens (tertiary/aromatic N) is 3. The second-order valence-electron chi connectivity index (χ2n) is 2.66. The fourth-order valence-electron chi connectivity index (χ4n) is 1.05. The van der Waals surface area contributed by atoms with Crippen molar-refractivity contribution in [1.29, 1.82) is 0 Å². The lowest BCUT2D eigenvalue weighted by Crippen LogP contribution is -1.97. The third-order valence-electron chi connectivity index (χ3n) is 1.71. The standard InChI is InChI=1S/C8H9N3O/c1-6(12)7-2-4-11-5-3-9-8(11)10-7/h2-6,12H,1H3. The molecule has 12 heavy (non-hydrogen) atoms. The van der Waals surface area contributed by atoms with E-state index in [4.69, 9.17) is 0 Å². The van der Waals surface area contributed by atoms with Crippen molar-refractivity contribution in [1.82, 2.24) is 14.4 Å². The Labute approximate surface area is 69.5 Å². The number of imidazole rings is 1. The van der Waals surface area contributed by atoms with Crippen LogP contribution in [-0.2, 0) is 0 Å². The van der Waals surface area contributed by atoms with Gasteiger partial charge >= 0.3 is 0 Å². The summed E-state index contributed by atoms with van der Waals surface area (Å²) in [7, 11) is 0. The molecule has 2 heterocycles. The Bertz CT molecular complexity index is 394. The average molecular weight is 163 g/mol. The number of hydrogen-bond acceptors (Lipinski definition) is 3. The summed E-state index contributed by atoms with van der Waals surface area (Å²) in [6.45, 7) is 1.68. The summed E-state index contributed by atoms with van der Waals surface area (Å²) < 4.78 is 1.80. The van der Waals surface area contributed by atoms with Crippen LogP contribution in [0.2, 0.25) is 0 Å². The molecule has 62 valence electrons. The lowest BCUT2D eigenvalue weighted by molar-refractivity contribution is 0.194. The van der Waals surface area contributed by atoms with Gasteiger partial charge in [0.05, 0.1) is 11.8 Å². The molecule has 4 heteroatoms. The number of rotatable bonds is 1. The molecule has 0 amide bonds. The summed E-state index contributed by atoms with van der Waals surface area (Å²) in [6.07, 6.45) is 4.78. The van der Waals surface area contributed by atoms with Gasteiger partial charge in [-0.25, -0.2) is 9.97 Å². The Kier molecular flexibility index (Phi) is 1.55. The smallest absolute Gasteiger partial charge is 0.233 e. The second kappa shape index (κ2) is 2.57. The Morgan fingerprint density at radius 3 is 3.08 bits per heavy atom. The van der Waals surface area contributed by atoms with E-state index < -0.39 is 6.10 Å². The lowest BCUT2D eigenvalue weighted by Gasteiger charge is -2.02. The summed E-state index contributed by atoms with van der Waals surface area (Å²) >= 11 is 0. The van der Waals surface area contributed by atoms with Crippen molar-refractivity contribution in [3.05, 3.63) is 30.4 Å². The van der Waals surface area contributed by atoms with Gasteiger partial charge < -0.3 is 5.11 Å². The number of aromatic nitrogens is 3. The Balaban J connectivity index is 2.60. The van der Waals surface area contributed by atoms with E-state index in [9.17, 15) is 5.11 Å².